The van der Waals surface area contributed by atoms with Crippen LogP contribution < -0.4 is 20.6 Å². The number of aliphatic carboxylic acids is 1. The Morgan fingerprint density at radius 2 is 1.86 bits per heavy atom. The number of rotatable bonds is 7. The predicted molar refractivity (Wildman–Crippen MR) is 42.6 cm³/mol. The minimum atomic E-state index is -4.39. The van der Waals surface area contributed by atoms with E-state index in [1.807, 2.05) is 0 Å². The third-order valence-corrected chi connectivity index (χ3v) is 2.68. The molecule has 0 spiro atoms. The first-order valence-electron chi connectivity index (χ1n) is 4.38. The summed E-state index contributed by atoms with van der Waals surface area (Å²) in [5.74, 6) is -1.21. The summed E-state index contributed by atoms with van der Waals surface area (Å²) >= 11 is 0. The summed E-state index contributed by atoms with van der Waals surface area (Å²) in [6.07, 6.45) is 1.34. The van der Waals surface area contributed by atoms with Crippen LogP contribution in [-0.2, 0) is 9.36 Å². The Kier molecular flexibility index (Phi) is 5.95. The third-order valence-electron chi connectivity index (χ3n) is 1.82. The molecule has 0 aliphatic rings. The van der Waals surface area contributed by atoms with E-state index in [9.17, 15) is 24.3 Å². The van der Waals surface area contributed by atoms with Gasteiger partial charge in [-0.25, -0.2) is 0 Å². The van der Waals surface area contributed by atoms with Crippen LogP contribution in [0.4, 0.5) is 0 Å². The van der Waals surface area contributed by atoms with E-state index in [1.165, 1.54) is 0 Å². The molecule has 0 aromatic rings. The first-order valence-corrected chi connectivity index (χ1v) is 6.11. The van der Waals surface area contributed by atoms with Gasteiger partial charge in [-0.05, 0) is 19.0 Å². The van der Waals surface area contributed by atoms with Gasteiger partial charge in [0.2, 0.25) is 0 Å². The van der Waals surface area contributed by atoms with Crippen molar-refractivity contribution in [1.29, 1.82) is 0 Å². The number of carboxylic acids is 1. The summed E-state index contributed by atoms with van der Waals surface area (Å²) in [5, 5.41) is 10.2. The highest BCUT2D eigenvalue weighted by Gasteiger charge is 2.05. The van der Waals surface area contributed by atoms with Crippen LogP contribution in [0.2, 0.25) is 0 Å². The molecule has 0 unspecified atom stereocenters. The van der Waals surface area contributed by atoms with Gasteiger partial charge in [-0.3, -0.25) is 0 Å². The van der Waals surface area contributed by atoms with Crippen LogP contribution in [0.15, 0.2) is 0 Å². The number of carbonyl (C=O) groups is 1. The fraction of sp³-hybridized carbons (Fsp3) is 0.857. The third kappa shape index (κ3) is 8.19. The van der Waals surface area contributed by atoms with Gasteiger partial charge >= 0.3 is 0 Å². The quantitative estimate of drug-likeness (QED) is 0.359. The van der Waals surface area contributed by atoms with Crippen molar-refractivity contribution in [3.63, 3.8) is 0 Å². The summed E-state index contributed by atoms with van der Waals surface area (Å²) in [6, 6.07) is -0.763. The maximum absolute atomic E-state index is 10.2. The minimum Gasteiger partial charge on any atom is -0.811 e. The van der Waals surface area contributed by atoms with Crippen molar-refractivity contribution < 1.29 is 30.0 Å². The topological polar surface area (TPSA) is 131 Å². The largest absolute Gasteiger partial charge is 0.811 e. The van der Waals surface area contributed by atoms with Crippen LogP contribution in [0.3, 0.4) is 0 Å². The Morgan fingerprint density at radius 1 is 1.29 bits per heavy atom. The Labute approximate surface area is 82.3 Å². The lowest BCUT2D eigenvalue weighted by Crippen LogP contribution is -2.68. The van der Waals surface area contributed by atoms with E-state index in [4.69, 9.17) is 0 Å². The molecule has 7 heteroatoms. The van der Waals surface area contributed by atoms with Gasteiger partial charge in [0.1, 0.15) is 6.04 Å². The van der Waals surface area contributed by atoms with E-state index < -0.39 is 19.6 Å². The lowest BCUT2D eigenvalue weighted by molar-refractivity contribution is -0.438. The molecule has 0 saturated carbocycles. The molecule has 84 valence electrons. The number of carbonyl (C=O) groups excluding carboxylic acids is 1. The normalized spacial score (nSPS) is 13.9. The van der Waals surface area contributed by atoms with Crippen molar-refractivity contribution in [2.75, 3.05) is 6.16 Å². The van der Waals surface area contributed by atoms with Crippen molar-refractivity contribution in [1.82, 2.24) is 0 Å². The predicted octanol–water partition coefficient (Wildman–Crippen LogP) is -3.18. The number of hydrogen-bond donors (Lipinski definition) is 1. The van der Waals surface area contributed by atoms with E-state index in [0.717, 1.165) is 0 Å². The summed E-state index contributed by atoms with van der Waals surface area (Å²) < 4.78 is 10.2. The summed E-state index contributed by atoms with van der Waals surface area (Å²) in [7, 11) is -4.39. The van der Waals surface area contributed by atoms with Crippen molar-refractivity contribution in [3.05, 3.63) is 0 Å². The summed E-state index contributed by atoms with van der Waals surface area (Å²) in [6.45, 7) is 0. The van der Waals surface area contributed by atoms with Crippen molar-refractivity contribution in [2.45, 2.75) is 31.7 Å². The average Bonchev–Trinajstić information content (AvgIpc) is 2.01. The van der Waals surface area contributed by atoms with Crippen LogP contribution in [-0.4, -0.2) is 18.2 Å². The zero-order chi connectivity index (χ0) is 11.2. The number of carboxylic acid groups (broad SMARTS) is 1. The molecule has 3 N–H and O–H groups in total. The summed E-state index contributed by atoms with van der Waals surface area (Å²) in [5.41, 5.74) is 3.34. The minimum absolute atomic E-state index is 0.282. The second-order valence-corrected chi connectivity index (χ2v) is 4.87. The standard InChI is InChI=1S/C7H16NO5P/c8-6(7(9)10)4-2-1-3-5-14(11,12)13/h6H,1-5,8H2,(H,9,10)(H2,11,12,13)/p-2/t6-/m1/s1. The Hall–Kier alpha value is -0.420. The van der Waals surface area contributed by atoms with Crippen LogP contribution in [0.1, 0.15) is 25.7 Å². The van der Waals surface area contributed by atoms with Crippen molar-refractivity contribution >= 4 is 13.6 Å². The van der Waals surface area contributed by atoms with Gasteiger partial charge in [-0.15, -0.1) is 0 Å². The molecule has 0 heterocycles. The Bertz CT molecular complexity index is 226. The van der Waals surface area contributed by atoms with E-state index >= 15 is 0 Å². The average molecular weight is 223 g/mol. The lowest BCUT2D eigenvalue weighted by Gasteiger charge is -2.29. The monoisotopic (exact) mass is 223 g/mol. The lowest BCUT2D eigenvalue weighted by atomic mass is 10.1. The molecule has 6 nitrogen and oxygen atoms in total. The summed E-state index contributed by atoms with van der Waals surface area (Å²) in [4.78, 5) is 30.6. The smallest absolute Gasteiger partial charge is 0.124 e. The fourth-order valence-corrected chi connectivity index (χ4v) is 1.60. The van der Waals surface area contributed by atoms with Crippen molar-refractivity contribution in [3.8, 4) is 0 Å². The van der Waals surface area contributed by atoms with E-state index in [2.05, 4.69) is 5.73 Å². The van der Waals surface area contributed by atoms with Gasteiger partial charge in [-0.1, -0.05) is 14.0 Å². The molecular weight excluding hydrogens is 209 g/mol. The van der Waals surface area contributed by atoms with Gasteiger partial charge in [-0.2, -0.15) is 0 Å². The molecule has 0 aliphatic carbocycles. The Balaban J connectivity index is 3.39. The molecule has 0 aromatic heterocycles. The highest BCUT2D eigenvalue weighted by molar-refractivity contribution is 7.48. The van der Waals surface area contributed by atoms with Crippen molar-refractivity contribution in [2.24, 2.45) is 0 Å². The molecular formula is C7H14NO5P-2. The molecule has 0 rings (SSSR count). The molecule has 0 amide bonds. The zero-order valence-electron chi connectivity index (χ0n) is 7.81. The van der Waals surface area contributed by atoms with E-state index in [0.29, 0.717) is 19.3 Å². The van der Waals surface area contributed by atoms with Crippen LogP contribution in [0.5, 0.6) is 0 Å². The molecule has 0 fully saturated rings. The number of unbranched alkanes of at least 4 members (excludes halogenated alkanes) is 2. The number of hydrogen-bond acceptors (Lipinski definition) is 5. The molecule has 0 bridgehead atoms. The highest BCUT2D eigenvalue weighted by Crippen LogP contribution is 2.24. The van der Waals surface area contributed by atoms with Gasteiger partial charge in [0.05, 0.1) is 5.97 Å². The first kappa shape index (κ1) is 13.6. The molecule has 0 aliphatic heterocycles. The number of quaternary nitrogens is 1. The molecule has 14 heavy (non-hydrogen) atoms. The Morgan fingerprint density at radius 3 is 2.29 bits per heavy atom. The van der Waals surface area contributed by atoms with Gasteiger partial charge in [0.25, 0.3) is 0 Å². The maximum Gasteiger partial charge on any atom is 0.124 e. The highest BCUT2D eigenvalue weighted by atomic mass is 31.2. The molecule has 0 saturated heterocycles. The molecule has 0 aromatic carbocycles. The SMILES string of the molecule is [NH3+][C@H](CCCCCP(=O)([O-])[O-])C(=O)[O-]. The maximum atomic E-state index is 10.2. The molecule has 1 atom stereocenters. The van der Waals surface area contributed by atoms with Crippen LogP contribution >= 0.6 is 7.60 Å². The van der Waals surface area contributed by atoms with E-state index in [1.54, 1.807) is 0 Å². The zero-order valence-corrected chi connectivity index (χ0v) is 8.70. The second-order valence-electron chi connectivity index (χ2n) is 3.20. The van der Waals surface area contributed by atoms with Gasteiger partial charge in [0.15, 0.2) is 0 Å². The van der Waals surface area contributed by atoms with Gasteiger partial charge in [0, 0.05) is 6.42 Å². The van der Waals surface area contributed by atoms with Crippen LogP contribution in [0, 0.1) is 0 Å². The fourth-order valence-electron chi connectivity index (χ4n) is 0.991. The van der Waals surface area contributed by atoms with E-state index in [-0.39, 0.29) is 12.6 Å². The second kappa shape index (κ2) is 6.14. The van der Waals surface area contributed by atoms with Crippen LogP contribution in [0.25, 0.3) is 0 Å². The molecule has 0 radical (unpaired) electrons. The van der Waals surface area contributed by atoms with Gasteiger partial charge < -0.3 is 30.0 Å². The first-order chi connectivity index (χ1) is 6.33.